The molecule has 3 rings (SSSR count). The minimum absolute atomic E-state index is 0. The molecule has 1 aromatic carbocycles. The molecule has 1 saturated carbocycles. The quantitative estimate of drug-likeness (QED) is 0.894. The van der Waals surface area contributed by atoms with Crippen molar-refractivity contribution in [3.63, 3.8) is 0 Å². The fourth-order valence-corrected chi connectivity index (χ4v) is 3.51. The Labute approximate surface area is 139 Å². The van der Waals surface area contributed by atoms with Gasteiger partial charge in [-0.25, -0.2) is 0 Å². The average Bonchev–Trinajstić information content (AvgIpc) is 2.47. The Morgan fingerprint density at radius 1 is 1.14 bits per heavy atom. The molecule has 2 aliphatic rings. The first-order valence-corrected chi connectivity index (χ1v) is 8.30. The van der Waals surface area contributed by atoms with Crippen molar-refractivity contribution in [3.05, 3.63) is 35.9 Å². The molecule has 1 aliphatic heterocycles. The Bertz CT molecular complexity index is 467. The second-order valence-electron chi connectivity index (χ2n) is 6.67. The Balaban J connectivity index is 0.00000176. The fraction of sp³-hybridized carbons (Fsp3) is 0.611. The van der Waals surface area contributed by atoms with Crippen molar-refractivity contribution in [1.29, 1.82) is 0 Å². The summed E-state index contributed by atoms with van der Waals surface area (Å²) in [6, 6.07) is 11.2. The summed E-state index contributed by atoms with van der Waals surface area (Å²) in [5.41, 5.74) is 1.45. The van der Waals surface area contributed by atoms with Crippen LogP contribution in [0.15, 0.2) is 30.3 Å². The van der Waals surface area contributed by atoms with Gasteiger partial charge in [0.15, 0.2) is 0 Å². The maximum absolute atomic E-state index is 12.3. The summed E-state index contributed by atoms with van der Waals surface area (Å²) in [7, 11) is 0. The lowest BCUT2D eigenvalue weighted by Crippen LogP contribution is -2.51. The molecule has 1 heterocycles. The van der Waals surface area contributed by atoms with Gasteiger partial charge in [0.05, 0.1) is 0 Å². The predicted molar refractivity (Wildman–Crippen MR) is 92.4 cm³/mol. The van der Waals surface area contributed by atoms with Crippen LogP contribution in [0.25, 0.3) is 0 Å². The van der Waals surface area contributed by atoms with Gasteiger partial charge in [0.25, 0.3) is 0 Å². The van der Waals surface area contributed by atoms with Crippen LogP contribution < -0.4 is 10.6 Å². The van der Waals surface area contributed by atoms with Crippen molar-refractivity contribution in [1.82, 2.24) is 10.6 Å². The predicted octanol–water partition coefficient (Wildman–Crippen LogP) is 3.11. The van der Waals surface area contributed by atoms with Gasteiger partial charge in [-0.3, -0.25) is 4.79 Å². The van der Waals surface area contributed by atoms with E-state index in [1.165, 1.54) is 18.4 Å². The van der Waals surface area contributed by atoms with Crippen LogP contribution in [0.1, 0.15) is 44.1 Å². The van der Waals surface area contributed by atoms with Gasteiger partial charge in [0.2, 0.25) is 5.91 Å². The zero-order valence-corrected chi connectivity index (χ0v) is 14.1. The number of rotatable bonds is 4. The molecule has 1 saturated heterocycles. The monoisotopic (exact) mass is 322 g/mol. The maximum atomic E-state index is 12.3. The van der Waals surface area contributed by atoms with Crippen LogP contribution in [-0.2, 0) is 4.79 Å². The molecule has 2 fully saturated rings. The molecule has 0 spiro atoms. The Morgan fingerprint density at radius 2 is 1.77 bits per heavy atom. The Hall–Kier alpha value is -1.06. The van der Waals surface area contributed by atoms with E-state index in [2.05, 4.69) is 47.9 Å². The molecule has 0 aromatic heterocycles. The third-order valence-corrected chi connectivity index (χ3v) is 5.28. The summed E-state index contributed by atoms with van der Waals surface area (Å²) in [6.45, 7) is 4.06. The first-order valence-electron chi connectivity index (χ1n) is 8.30. The lowest BCUT2D eigenvalue weighted by molar-refractivity contribution is -0.127. The highest BCUT2D eigenvalue weighted by Crippen LogP contribution is 2.32. The highest BCUT2D eigenvalue weighted by Gasteiger charge is 2.30. The largest absolute Gasteiger partial charge is 0.353 e. The highest BCUT2D eigenvalue weighted by atomic mass is 35.5. The zero-order valence-electron chi connectivity index (χ0n) is 13.3. The second kappa shape index (κ2) is 7.98. The fourth-order valence-electron chi connectivity index (χ4n) is 3.51. The molecule has 2 N–H and O–H groups in total. The molecule has 0 bridgehead atoms. The highest BCUT2D eigenvalue weighted by molar-refractivity contribution is 5.85. The first kappa shape index (κ1) is 17.3. The maximum Gasteiger partial charge on any atom is 0.223 e. The summed E-state index contributed by atoms with van der Waals surface area (Å²) in [5, 5.41) is 6.52. The smallest absolute Gasteiger partial charge is 0.223 e. The number of hydrogen-bond donors (Lipinski definition) is 2. The van der Waals surface area contributed by atoms with E-state index in [1.807, 2.05) is 0 Å². The third kappa shape index (κ3) is 4.02. The molecule has 1 atom stereocenters. The van der Waals surface area contributed by atoms with Crippen molar-refractivity contribution in [2.45, 2.75) is 44.6 Å². The molecule has 1 unspecified atom stereocenters. The number of hydrogen-bond acceptors (Lipinski definition) is 2. The van der Waals surface area contributed by atoms with Gasteiger partial charge in [-0.05, 0) is 56.2 Å². The van der Waals surface area contributed by atoms with Crippen LogP contribution in [0.2, 0.25) is 0 Å². The normalized spacial score (nSPS) is 26.4. The van der Waals surface area contributed by atoms with E-state index in [4.69, 9.17) is 0 Å². The molecular weight excluding hydrogens is 296 g/mol. The summed E-state index contributed by atoms with van der Waals surface area (Å²) in [6.07, 6.45) is 4.60. The van der Waals surface area contributed by atoms with Crippen molar-refractivity contribution >= 4 is 18.3 Å². The van der Waals surface area contributed by atoms with Crippen LogP contribution in [0, 0.1) is 11.8 Å². The second-order valence-corrected chi connectivity index (χ2v) is 6.67. The van der Waals surface area contributed by atoms with Crippen LogP contribution in [-0.4, -0.2) is 25.0 Å². The summed E-state index contributed by atoms with van der Waals surface area (Å²) in [5.74, 6) is 1.61. The standard InChI is InChI=1S/C18H26N2O.ClH/c1-13(16-11-19-12-16)18(21)20-17-9-7-15(8-10-17)14-5-3-2-4-6-14;/h2-6,13,15-17,19H,7-12H2,1H3,(H,20,21);1H. The molecule has 122 valence electrons. The van der Waals surface area contributed by atoms with E-state index in [0.717, 1.165) is 25.9 Å². The first-order chi connectivity index (χ1) is 10.2. The van der Waals surface area contributed by atoms with Crippen LogP contribution >= 0.6 is 12.4 Å². The summed E-state index contributed by atoms with van der Waals surface area (Å²) in [4.78, 5) is 12.3. The van der Waals surface area contributed by atoms with Gasteiger partial charge >= 0.3 is 0 Å². The minimum atomic E-state index is 0. The van der Waals surface area contributed by atoms with Gasteiger partial charge < -0.3 is 10.6 Å². The molecule has 22 heavy (non-hydrogen) atoms. The van der Waals surface area contributed by atoms with Crippen molar-refractivity contribution in [3.8, 4) is 0 Å². The zero-order chi connectivity index (χ0) is 14.7. The van der Waals surface area contributed by atoms with Gasteiger partial charge in [0, 0.05) is 12.0 Å². The number of benzene rings is 1. The molecule has 1 amide bonds. The van der Waals surface area contributed by atoms with Gasteiger partial charge in [-0.2, -0.15) is 0 Å². The Kier molecular flexibility index (Phi) is 6.27. The van der Waals surface area contributed by atoms with Crippen LogP contribution in [0.3, 0.4) is 0 Å². The molecular formula is C18H27ClN2O. The van der Waals surface area contributed by atoms with E-state index >= 15 is 0 Å². The number of carbonyl (C=O) groups is 1. The number of amides is 1. The van der Waals surface area contributed by atoms with Crippen molar-refractivity contribution in [2.75, 3.05) is 13.1 Å². The molecule has 4 heteroatoms. The Morgan fingerprint density at radius 3 is 2.32 bits per heavy atom. The lowest BCUT2D eigenvalue weighted by Gasteiger charge is -2.34. The van der Waals surface area contributed by atoms with E-state index in [1.54, 1.807) is 0 Å². The summed E-state index contributed by atoms with van der Waals surface area (Å²) < 4.78 is 0. The average molecular weight is 323 g/mol. The summed E-state index contributed by atoms with van der Waals surface area (Å²) >= 11 is 0. The molecule has 3 nitrogen and oxygen atoms in total. The van der Waals surface area contributed by atoms with Crippen LogP contribution in [0.5, 0.6) is 0 Å². The van der Waals surface area contributed by atoms with E-state index in [-0.39, 0.29) is 24.2 Å². The van der Waals surface area contributed by atoms with Gasteiger partial charge in [-0.1, -0.05) is 37.3 Å². The number of halogens is 1. The third-order valence-electron chi connectivity index (χ3n) is 5.28. The van der Waals surface area contributed by atoms with Crippen LogP contribution in [0.4, 0.5) is 0 Å². The topological polar surface area (TPSA) is 41.1 Å². The molecule has 1 aliphatic carbocycles. The van der Waals surface area contributed by atoms with Crippen molar-refractivity contribution in [2.24, 2.45) is 11.8 Å². The van der Waals surface area contributed by atoms with E-state index < -0.39 is 0 Å². The minimum Gasteiger partial charge on any atom is -0.353 e. The number of nitrogens with one attached hydrogen (secondary N) is 2. The van der Waals surface area contributed by atoms with Gasteiger partial charge in [-0.15, -0.1) is 12.4 Å². The van der Waals surface area contributed by atoms with Gasteiger partial charge in [0.1, 0.15) is 0 Å². The molecule has 0 radical (unpaired) electrons. The number of carbonyl (C=O) groups excluding carboxylic acids is 1. The van der Waals surface area contributed by atoms with E-state index in [0.29, 0.717) is 17.9 Å². The van der Waals surface area contributed by atoms with Crippen molar-refractivity contribution < 1.29 is 4.79 Å². The molecule has 1 aromatic rings. The lowest BCUT2D eigenvalue weighted by atomic mass is 9.81. The SMILES string of the molecule is CC(C(=O)NC1CCC(c2ccccc2)CC1)C1CNC1.Cl. The van der Waals surface area contributed by atoms with E-state index in [9.17, 15) is 4.79 Å².